The van der Waals surface area contributed by atoms with Gasteiger partial charge >= 0.3 is 11.9 Å². The second kappa shape index (κ2) is 9.86. The summed E-state index contributed by atoms with van der Waals surface area (Å²) in [5.74, 6) is -2.36. The lowest BCUT2D eigenvalue weighted by Gasteiger charge is -2.41. The molecule has 3 N–H and O–H groups in total. The third kappa shape index (κ3) is 5.26. The molecule has 2 saturated heterocycles. The van der Waals surface area contributed by atoms with Crippen LogP contribution in [0.3, 0.4) is 0 Å². The van der Waals surface area contributed by atoms with Gasteiger partial charge in [0.2, 0.25) is 5.91 Å². The number of thioether (sulfide) groups is 2. The lowest BCUT2D eigenvalue weighted by atomic mass is 9.99. The number of likely N-dealkylation sites (tertiary alicyclic amines) is 1. The fourth-order valence-electron chi connectivity index (χ4n) is 3.91. The number of nitrogens with zero attached hydrogens (tertiary/aromatic N) is 1. The molecule has 2 fully saturated rings. The molecule has 2 aliphatic rings. The highest BCUT2D eigenvalue weighted by Gasteiger charge is 2.48. The average Bonchev–Trinajstić information content (AvgIpc) is 3.18. The van der Waals surface area contributed by atoms with Gasteiger partial charge in [-0.25, -0.2) is 4.79 Å². The summed E-state index contributed by atoms with van der Waals surface area (Å²) in [5.41, 5.74) is 1.03. The summed E-state index contributed by atoms with van der Waals surface area (Å²) >= 11 is 3.35. The zero-order chi connectivity index (χ0) is 21.0. The Balaban J connectivity index is 1.64. The van der Waals surface area contributed by atoms with Gasteiger partial charge in [-0.2, -0.15) is 0 Å². The normalized spacial score (nSPS) is 25.8. The molecule has 0 saturated carbocycles. The van der Waals surface area contributed by atoms with Crippen LogP contribution in [-0.2, 0) is 20.8 Å². The minimum Gasteiger partial charge on any atom is -0.480 e. The fraction of sp³-hybridized carbons (Fsp3) is 0.550. The zero-order valence-electron chi connectivity index (χ0n) is 16.2. The predicted molar refractivity (Wildman–Crippen MR) is 114 cm³/mol. The van der Waals surface area contributed by atoms with Crippen molar-refractivity contribution >= 4 is 41.4 Å². The van der Waals surface area contributed by atoms with E-state index in [4.69, 9.17) is 0 Å². The standard InChI is InChI=1S/C20H26N2O5S2/c1-12(21-14(19(24)25)8-7-13-5-3-2-4-6-13)18(23)22-10-9-15-17(29-11-28-15)16(22)20(26)27/h2-6,12,14-17,21H,7-11H2,1H3,(H,24,25)(H,26,27)/t12-,14?,15?,16?,17?/m0/s1. The largest absolute Gasteiger partial charge is 0.480 e. The van der Waals surface area contributed by atoms with E-state index in [-0.39, 0.29) is 16.4 Å². The van der Waals surface area contributed by atoms with Crippen LogP contribution in [0.5, 0.6) is 0 Å². The Labute approximate surface area is 178 Å². The molecule has 3 rings (SSSR count). The molecule has 1 aromatic carbocycles. The second-order valence-corrected chi connectivity index (χ2v) is 10.1. The Morgan fingerprint density at radius 3 is 2.59 bits per heavy atom. The van der Waals surface area contributed by atoms with Crippen LogP contribution in [0.4, 0.5) is 0 Å². The number of aliphatic carboxylic acids is 2. The van der Waals surface area contributed by atoms with Gasteiger partial charge in [-0.15, -0.1) is 23.5 Å². The van der Waals surface area contributed by atoms with Crippen molar-refractivity contribution in [1.82, 2.24) is 10.2 Å². The first kappa shape index (κ1) is 22.0. The number of benzene rings is 1. The van der Waals surface area contributed by atoms with E-state index in [1.54, 1.807) is 30.4 Å². The zero-order valence-corrected chi connectivity index (χ0v) is 17.8. The van der Waals surface area contributed by atoms with Crippen molar-refractivity contribution in [3.63, 3.8) is 0 Å². The summed E-state index contributed by atoms with van der Waals surface area (Å²) in [6, 6.07) is 7.06. The van der Waals surface area contributed by atoms with E-state index >= 15 is 0 Å². The molecule has 7 nitrogen and oxygen atoms in total. The van der Waals surface area contributed by atoms with Gasteiger partial charge in [-0.05, 0) is 31.7 Å². The number of carboxylic acid groups (broad SMARTS) is 2. The molecule has 0 aromatic heterocycles. The highest BCUT2D eigenvalue weighted by molar-refractivity contribution is 8.19. The number of piperidine rings is 1. The molecular formula is C20H26N2O5S2. The Kier molecular flexibility index (Phi) is 7.48. The molecule has 9 heteroatoms. The van der Waals surface area contributed by atoms with Crippen molar-refractivity contribution in [2.24, 2.45) is 0 Å². The first-order chi connectivity index (χ1) is 13.9. The van der Waals surface area contributed by atoms with Crippen LogP contribution in [-0.4, -0.2) is 73.2 Å². The number of hydrogen-bond acceptors (Lipinski definition) is 6. The van der Waals surface area contributed by atoms with Gasteiger partial charge in [0.25, 0.3) is 0 Å². The maximum Gasteiger partial charge on any atom is 0.327 e. The number of amides is 1. The number of hydrogen-bond donors (Lipinski definition) is 3. The van der Waals surface area contributed by atoms with Crippen LogP contribution in [0.15, 0.2) is 30.3 Å². The van der Waals surface area contributed by atoms with Gasteiger partial charge in [-0.1, -0.05) is 30.3 Å². The molecule has 1 amide bonds. The molecule has 5 atom stereocenters. The lowest BCUT2D eigenvalue weighted by Crippen LogP contribution is -2.61. The SMILES string of the molecule is C[C@H](NC(CCc1ccccc1)C(=O)O)C(=O)N1CCC2SCSC2C1C(=O)O. The van der Waals surface area contributed by atoms with Gasteiger partial charge < -0.3 is 15.1 Å². The molecule has 158 valence electrons. The minimum absolute atomic E-state index is 0.115. The van der Waals surface area contributed by atoms with Gasteiger partial charge in [0.15, 0.2) is 0 Å². The Morgan fingerprint density at radius 1 is 1.21 bits per heavy atom. The van der Waals surface area contributed by atoms with Gasteiger partial charge in [0, 0.05) is 22.1 Å². The molecule has 0 radical (unpaired) electrons. The van der Waals surface area contributed by atoms with Crippen molar-refractivity contribution in [2.45, 2.75) is 54.8 Å². The molecule has 2 aliphatic heterocycles. The smallest absolute Gasteiger partial charge is 0.327 e. The van der Waals surface area contributed by atoms with Crippen molar-refractivity contribution in [3.8, 4) is 0 Å². The molecule has 2 heterocycles. The number of carboxylic acids is 2. The van der Waals surface area contributed by atoms with E-state index < -0.39 is 30.1 Å². The average molecular weight is 439 g/mol. The highest BCUT2D eigenvalue weighted by atomic mass is 32.2. The van der Waals surface area contributed by atoms with E-state index in [2.05, 4.69) is 5.32 Å². The topological polar surface area (TPSA) is 107 Å². The maximum atomic E-state index is 13.0. The molecule has 29 heavy (non-hydrogen) atoms. The second-order valence-electron chi connectivity index (χ2n) is 7.36. The van der Waals surface area contributed by atoms with Gasteiger partial charge in [-0.3, -0.25) is 14.9 Å². The Bertz CT molecular complexity index is 748. The predicted octanol–water partition coefficient (Wildman–Crippen LogP) is 1.91. The van der Waals surface area contributed by atoms with E-state index in [0.717, 1.165) is 17.1 Å². The summed E-state index contributed by atoms with van der Waals surface area (Å²) in [6.45, 7) is 2.00. The molecule has 0 spiro atoms. The minimum atomic E-state index is -1.02. The van der Waals surface area contributed by atoms with Crippen molar-refractivity contribution < 1.29 is 24.6 Å². The fourth-order valence-corrected chi connectivity index (χ4v) is 7.43. The molecule has 1 aromatic rings. The number of rotatable bonds is 8. The Morgan fingerprint density at radius 2 is 1.93 bits per heavy atom. The first-order valence-electron chi connectivity index (χ1n) is 9.67. The number of aryl methyl sites for hydroxylation is 1. The third-order valence-electron chi connectivity index (χ3n) is 5.43. The first-order valence-corrected chi connectivity index (χ1v) is 11.8. The molecule has 4 unspecified atom stereocenters. The van der Waals surface area contributed by atoms with Crippen LogP contribution in [0.25, 0.3) is 0 Å². The lowest BCUT2D eigenvalue weighted by molar-refractivity contribution is -0.152. The quantitative estimate of drug-likeness (QED) is 0.565. The Hall–Kier alpha value is -1.71. The van der Waals surface area contributed by atoms with Crippen molar-refractivity contribution in [1.29, 1.82) is 0 Å². The van der Waals surface area contributed by atoms with E-state index in [9.17, 15) is 24.6 Å². The summed E-state index contributed by atoms with van der Waals surface area (Å²) in [4.78, 5) is 38.0. The summed E-state index contributed by atoms with van der Waals surface area (Å²) in [6.07, 6.45) is 1.68. The monoisotopic (exact) mass is 438 g/mol. The van der Waals surface area contributed by atoms with Crippen LogP contribution in [0.1, 0.15) is 25.3 Å². The summed E-state index contributed by atoms with van der Waals surface area (Å²) in [5, 5.41) is 23.2. The van der Waals surface area contributed by atoms with Crippen LogP contribution < -0.4 is 5.32 Å². The number of fused-ring (bicyclic) bond motifs is 1. The molecule has 0 bridgehead atoms. The van der Waals surface area contributed by atoms with E-state index in [1.165, 1.54) is 4.90 Å². The van der Waals surface area contributed by atoms with Gasteiger partial charge in [0.1, 0.15) is 12.1 Å². The third-order valence-corrected chi connectivity index (χ3v) is 8.62. The van der Waals surface area contributed by atoms with Crippen molar-refractivity contribution in [3.05, 3.63) is 35.9 Å². The number of carbonyl (C=O) groups is 3. The highest BCUT2D eigenvalue weighted by Crippen LogP contribution is 2.44. The van der Waals surface area contributed by atoms with Crippen LogP contribution in [0.2, 0.25) is 0 Å². The van der Waals surface area contributed by atoms with Gasteiger partial charge in [0.05, 0.1) is 6.04 Å². The summed E-state index contributed by atoms with van der Waals surface area (Å²) < 4.78 is 0. The van der Waals surface area contributed by atoms with Crippen molar-refractivity contribution in [2.75, 3.05) is 11.6 Å². The number of nitrogens with one attached hydrogen (secondary N) is 1. The number of carbonyl (C=O) groups excluding carboxylic acids is 1. The summed E-state index contributed by atoms with van der Waals surface area (Å²) in [7, 11) is 0. The van der Waals surface area contributed by atoms with Crippen LogP contribution >= 0.6 is 23.5 Å². The molecular weight excluding hydrogens is 412 g/mol. The maximum absolute atomic E-state index is 13.0. The molecule has 0 aliphatic carbocycles. The van der Waals surface area contributed by atoms with E-state index in [0.29, 0.717) is 19.4 Å². The van der Waals surface area contributed by atoms with E-state index in [1.807, 2.05) is 30.3 Å². The van der Waals surface area contributed by atoms with Crippen LogP contribution in [0, 0.1) is 0 Å².